The molecule has 0 spiro atoms. The third kappa shape index (κ3) is 3.88. The van der Waals surface area contributed by atoms with Gasteiger partial charge in [-0.1, -0.05) is 30.3 Å². The molecular weight excluding hydrogens is 312 g/mol. The average molecular weight is 334 g/mol. The first-order chi connectivity index (χ1) is 12.2. The molecule has 0 aliphatic carbocycles. The molecule has 25 heavy (non-hydrogen) atoms. The van der Waals surface area contributed by atoms with Gasteiger partial charge in [-0.25, -0.2) is 4.68 Å². The minimum atomic E-state index is -0.0978. The Hall–Kier alpha value is -3.08. The third-order valence-electron chi connectivity index (χ3n) is 4.28. The molecule has 3 aromatic rings. The first-order valence-corrected chi connectivity index (χ1v) is 8.32. The van der Waals surface area contributed by atoms with Crippen LogP contribution in [-0.4, -0.2) is 35.3 Å². The SMILES string of the molecule is C[C@@H](CNC(=O)c1ccccc1-n1cccn1)N(C)c1ccccc1. The van der Waals surface area contributed by atoms with E-state index < -0.39 is 0 Å². The van der Waals surface area contributed by atoms with Crippen molar-refractivity contribution in [1.82, 2.24) is 15.1 Å². The zero-order valence-electron chi connectivity index (χ0n) is 14.5. The minimum absolute atomic E-state index is 0.0978. The lowest BCUT2D eigenvalue weighted by Gasteiger charge is -2.27. The van der Waals surface area contributed by atoms with Gasteiger partial charge in [0.2, 0.25) is 0 Å². The van der Waals surface area contributed by atoms with Gasteiger partial charge in [-0.15, -0.1) is 0 Å². The van der Waals surface area contributed by atoms with Gasteiger partial charge in [0, 0.05) is 37.7 Å². The lowest BCUT2D eigenvalue weighted by molar-refractivity contribution is 0.0951. The number of benzene rings is 2. The van der Waals surface area contributed by atoms with Gasteiger partial charge < -0.3 is 10.2 Å². The van der Waals surface area contributed by atoms with E-state index in [4.69, 9.17) is 0 Å². The standard InChI is InChI=1S/C20H22N4O/c1-16(23(2)17-9-4-3-5-10-17)15-21-20(25)18-11-6-7-12-19(18)24-14-8-13-22-24/h3-14,16H,15H2,1-2H3,(H,21,25)/t16-/m0/s1. The van der Waals surface area contributed by atoms with Crippen molar-refractivity contribution in [2.24, 2.45) is 0 Å². The molecule has 1 atom stereocenters. The fraction of sp³-hybridized carbons (Fsp3) is 0.200. The summed E-state index contributed by atoms with van der Waals surface area (Å²) in [6.45, 7) is 2.64. The second-order valence-corrected chi connectivity index (χ2v) is 5.97. The molecule has 1 aromatic heterocycles. The molecule has 0 radical (unpaired) electrons. The molecule has 5 nitrogen and oxygen atoms in total. The summed E-state index contributed by atoms with van der Waals surface area (Å²) in [6, 6.07) is 19.6. The summed E-state index contributed by atoms with van der Waals surface area (Å²) in [6.07, 6.45) is 3.53. The molecule has 3 rings (SSSR count). The lowest BCUT2D eigenvalue weighted by Crippen LogP contribution is -2.40. The molecule has 0 bridgehead atoms. The number of para-hydroxylation sites is 2. The highest BCUT2D eigenvalue weighted by Crippen LogP contribution is 2.15. The molecular formula is C20H22N4O. The minimum Gasteiger partial charge on any atom is -0.370 e. The van der Waals surface area contributed by atoms with Gasteiger partial charge in [-0.3, -0.25) is 4.79 Å². The summed E-state index contributed by atoms with van der Waals surface area (Å²) in [5.41, 5.74) is 2.51. The number of nitrogens with one attached hydrogen (secondary N) is 1. The average Bonchev–Trinajstić information content (AvgIpc) is 3.20. The summed E-state index contributed by atoms with van der Waals surface area (Å²) in [7, 11) is 2.03. The molecule has 5 heteroatoms. The number of carbonyl (C=O) groups is 1. The Morgan fingerprint density at radius 2 is 1.84 bits per heavy atom. The Morgan fingerprint density at radius 3 is 2.56 bits per heavy atom. The largest absolute Gasteiger partial charge is 0.370 e. The highest BCUT2D eigenvalue weighted by molar-refractivity contribution is 5.97. The van der Waals surface area contributed by atoms with E-state index in [0.29, 0.717) is 12.1 Å². The van der Waals surface area contributed by atoms with Crippen LogP contribution in [0.1, 0.15) is 17.3 Å². The van der Waals surface area contributed by atoms with E-state index in [1.807, 2.05) is 61.8 Å². The zero-order valence-corrected chi connectivity index (χ0v) is 14.5. The predicted molar refractivity (Wildman–Crippen MR) is 100 cm³/mol. The van der Waals surface area contributed by atoms with Crippen molar-refractivity contribution in [2.75, 3.05) is 18.5 Å². The number of aromatic nitrogens is 2. The summed E-state index contributed by atoms with van der Waals surface area (Å²) >= 11 is 0. The third-order valence-corrected chi connectivity index (χ3v) is 4.28. The number of anilines is 1. The fourth-order valence-electron chi connectivity index (χ4n) is 2.67. The molecule has 1 N–H and O–H groups in total. The van der Waals surface area contributed by atoms with Crippen LogP contribution in [0.4, 0.5) is 5.69 Å². The number of hydrogen-bond acceptors (Lipinski definition) is 3. The molecule has 0 unspecified atom stereocenters. The maximum absolute atomic E-state index is 12.7. The van der Waals surface area contributed by atoms with Crippen molar-refractivity contribution >= 4 is 11.6 Å². The number of likely N-dealkylation sites (N-methyl/N-ethyl adjacent to an activating group) is 1. The second kappa shape index (κ2) is 7.66. The van der Waals surface area contributed by atoms with E-state index in [-0.39, 0.29) is 11.9 Å². The highest BCUT2D eigenvalue weighted by atomic mass is 16.1. The molecule has 1 amide bonds. The van der Waals surface area contributed by atoms with Crippen molar-refractivity contribution in [3.63, 3.8) is 0 Å². The van der Waals surface area contributed by atoms with Crippen molar-refractivity contribution in [3.05, 3.63) is 78.6 Å². The Labute approximate surface area is 147 Å². The van der Waals surface area contributed by atoms with E-state index in [1.165, 1.54) is 0 Å². The lowest BCUT2D eigenvalue weighted by atomic mass is 10.1. The molecule has 0 fully saturated rings. The van der Waals surface area contributed by atoms with Crippen LogP contribution < -0.4 is 10.2 Å². The number of nitrogens with zero attached hydrogens (tertiary/aromatic N) is 3. The van der Waals surface area contributed by atoms with Crippen LogP contribution >= 0.6 is 0 Å². The number of rotatable bonds is 6. The van der Waals surface area contributed by atoms with Crippen molar-refractivity contribution in [3.8, 4) is 5.69 Å². The normalized spacial score (nSPS) is 11.8. The number of carbonyl (C=O) groups excluding carboxylic acids is 1. The van der Waals surface area contributed by atoms with E-state index in [2.05, 4.69) is 34.4 Å². The van der Waals surface area contributed by atoms with Crippen LogP contribution in [0.3, 0.4) is 0 Å². The maximum atomic E-state index is 12.7. The molecule has 128 valence electrons. The highest BCUT2D eigenvalue weighted by Gasteiger charge is 2.15. The number of amides is 1. The van der Waals surface area contributed by atoms with E-state index >= 15 is 0 Å². The Kier molecular flexibility index (Phi) is 5.14. The fourth-order valence-corrected chi connectivity index (χ4v) is 2.67. The molecule has 1 heterocycles. The molecule has 2 aromatic carbocycles. The summed E-state index contributed by atoms with van der Waals surface area (Å²) < 4.78 is 1.70. The Bertz CT molecular complexity index is 815. The second-order valence-electron chi connectivity index (χ2n) is 5.97. The van der Waals surface area contributed by atoms with Crippen LogP contribution in [0.5, 0.6) is 0 Å². The predicted octanol–water partition coefficient (Wildman–Crippen LogP) is 3.13. The van der Waals surface area contributed by atoms with Gasteiger partial charge in [-0.05, 0) is 37.3 Å². The first-order valence-electron chi connectivity index (χ1n) is 8.32. The van der Waals surface area contributed by atoms with Gasteiger partial charge in [0.15, 0.2) is 0 Å². The van der Waals surface area contributed by atoms with Crippen molar-refractivity contribution in [2.45, 2.75) is 13.0 Å². The van der Waals surface area contributed by atoms with E-state index in [1.54, 1.807) is 10.9 Å². The van der Waals surface area contributed by atoms with Crippen LogP contribution in [0, 0.1) is 0 Å². The van der Waals surface area contributed by atoms with Gasteiger partial charge in [0.05, 0.1) is 11.3 Å². The molecule has 0 aliphatic rings. The summed E-state index contributed by atoms with van der Waals surface area (Å²) in [5, 5.41) is 7.25. The van der Waals surface area contributed by atoms with Gasteiger partial charge in [0.1, 0.15) is 0 Å². The first kappa shape index (κ1) is 16.8. The Morgan fingerprint density at radius 1 is 1.12 bits per heavy atom. The van der Waals surface area contributed by atoms with E-state index in [0.717, 1.165) is 11.4 Å². The Balaban J connectivity index is 1.67. The zero-order chi connectivity index (χ0) is 17.6. The topological polar surface area (TPSA) is 50.2 Å². The van der Waals surface area contributed by atoms with Crippen molar-refractivity contribution < 1.29 is 4.79 Å². The molecule has 0 saturated carbocycles. The smallest absolute Gasteiger partial charge is 0.253 e. The van der Waals surface area contributed by atoms with Crippen molar-refractivity contribution in [1.29, 1.82) is 0 Å². The monoisotopic (exact) mass is 334 g/mol. The van der Waals surface area contributed by atoms with Gasteiger partial charge in [0.25, 0.3) is 5.91 Å². The van der Waals surface area contributed by atoms with Gasteiger partial charge in [-0.2, -0.15) is 5.10 Å². The van der Waals surface area contributed by atoms with Crippen LogP contribution in [0.2, 0.25) is 0 Å². The summed E-state index contributed by atoms with van der Waals surface area (Å²) in [4.78, 5) is 14.8. The van der Waals surface area contributed by atoms with Crippen LogP contribution in [0.25, 0.3) is 5.69 Å². The van der Waals surface area contributed by atoms with Gasteiger partial charge >= 0.3 is 0 Å². The van der Waals surface area contributed by atoms with E-state index in [9.17, 15) is 4.79 Å². The summed E-state index contributed by atoms with van der Waals surface area (Å²) in [5.74, 6) is -0.0978. The molecule has 0 aliphatic heterocycles. The number of hydrogen-bond donors (Lipinski definition) is 1. The maximum Gasteiger partial charge on any atom is 0.253 e. The quantitative estimate of drug-likeness (QED) is 0.753. The van der Waals surface area contributed by atoms with Crippen LogP contribution in [0.15, 0.2) is 73.1 Å². The van der Waals surface area contributed by atoms with Crippen LogP contribution in [-0.2, 0) is 0 Å². The molecule has 0 saturated heterocycles.